The van der Waals surface area contributed by atoms with E-state index in [1.54, 1.807) is 14.2 Å². The number of ether oxygens (including phenoxy) is 3. The van der Waals surface area contributed by atoms with Crippen LogP contribution in [0.5, 0.6) is 0 Å². The number of nitrogens with zero attached hydrogens (tertiary/aromatic N) is 1. The molecule has 5 heteroatoms. The zero-order chi connectivity index (χ0) is 12.9. The van der Waals surface area contributed by atoms with Crippen molar-refractivity contribution in [2.45, 2.75) is 32.2 Å². The lowest BCUT2D eigenvalue weighted by molar-refractivity contribution is -0.0445. The summed E-state index contributed by atoms with van der Waals surface area (Å²) in [5.74, 6) is 0.0503. The van der Waals surface area contributed by atoms with E-state index in [9.17, 15) is 0 Å². The molecule has 0 spiro atoms. The third-order valence-electron chi connectivity index (χ3n) is 2.91. The van der Waals surface area contributed by atoms with Gasteiger partial charge in [0.1, 0.15) is 5.91 Å². The molecule has 0 aliphatic rings. The molecule has 0 N–H and O–H groups in total. The zero-order valence-corrected chi connectivity index (χ0v) is 13.3. The van der Waals surface area contributed by atoms with Gasteiger partial charge in [-0.2, -0.15) is 0 Å². The largest absolute Gasteiger partial charge is 0.382 e. The van der Waals surface area contributed by atoms with Crippen molar-refractivity contribution in [2.24, 2.45) is 0 Å². The Hall–Kier alpha value is 0.0569. The lowest BCUT2D eigenvalue weighted by atomic mass is 10.4. The van der Waals surface area contributed by atoms with Crippen molar-refractivity contribution in [1.82, 2.24) is 4.90 Å². The maximum Gasteiger partial charge on any atom is 0.134 e. The smallest absolute Gasteiger partial charge is 0.134 e. The van der Waals surface area contributed by atoms with Gasteiger partial charge in [0.2, 0.25) is 0 Å². The van der Waals surface area contributed by atoms with Crippen molar-refractivity contribution >= 4 is 9.52 Å². The third-order valence-corrected chi connectivity index (χ3v) is 4.75. The van der Waals surface area contributed by atoms with E-state index >= 15 is 0 Å². The van der Waals surface area contributed by atoms with Crippen LogP contribution >= 0.6 is 0 Å². The van der Waals surface area contributed by atoms with Crippen LogP contribution in [0.3, 0.4) is 0 Å². The first-order valence-electron chi connectivity index (χ1n) is 6.64. The van der Waals surface area contributed by atoms with Crippen LogP contribution in [0, 0.1) is 0 Å². The van der Waals surface area contributed by atoms with Crippen LogP contribution < -0.4 is 0 Å². The Labute approximate surface area is 108 Å². The van der Waals surface area contributed by atoms with Crippen molar-refractivity contribution in [3.8, 4) is 0 Å². The predicted molar refractivity (Wildman–Crippen MR) is 74.4 cm³/mol. The molecule has 0 fully saturated rings. The standard InChI is InChI=1S/C12H29NO3Si/c1-5-13(6-2)8-7-9-16-10-11-17-12(14-3)15-4/h12H,5-11,17H2,1-4H3. The van der Waals surface area contributed by atoms with Crippen molar-refractivity contribution in [3.05, 3.63) is 0 Å². The average molecular weight is 263 g/mol. The number of methoxy groups -OCH3 is 2. The summed E-state index contributed by atoms with van der Waals surface area (Å²) in [7, 11) is 3.09. The second-order valence-corrected chi connectivity index (χ2v) is 5.99. The molecule has 4 nitrogen and oxygen atoms in total. The Morgan fingerprint density at radius 2 is 1.71 bits per heavy atom. The Morgan fingerprint density at radius 1 is 1.06 bits per heavy atom. The van der Waals surface area contributed by atoms with Crippen LogP contribution in [0.15, 0.2) is 0 Å². The fourth-order valence-electron chi connectivity index (χ4n) is 1.72. The molecule has 0 aliphatic heterocycles. The number of hydrogen-bond donors (Lipinski definition) is 0. The van der Waals surface area contributed by atoms with Gasteiger partial charge in [0.05, 0.1) is 9.52 Å². The zero-order valence-electron chi connectivity index (χ0n) is 11.9. The fourth-order valence-corrected chi connectivity index (χ4v) is 2.89. The van der Waals surface area contributed by atoms with Gasteiger partial charge < -0.3 is 19.1 Å². The summed E-state index contributed by atoms with van der Waals surface area (Å²) in [6.45, 7) is 9.53. The Bertz CT molecular complexity index is 137. The molecule has 0 saturated heterocycles. The minimum absolute atomic E-state index is 0.0503. The van der Waals surface area contributed by atoms with E-state index in [0.717, 1.165) is 45.3 Å². The van der Waals surface area contributed by atoms with Gasteiger partial charge in [0, 0.05) is 34.0 Å². The van der Waals surface area contributed by atoms with E-state index in [1.807, 2.05) is 0 Å². The van der Waals surface area contributed by atoms with Gasteiger partial charge in [-0.15, -0.1) is 0 Å². The maximum absolute atomic E-state index is 5.61. The SMILES string of the molecule is CCN(CC)CCCOCC[SiH2]C(OC)OC. The molecule has 0 aliphatic carbocycles. The molecule has 0 bridgehead atoms. The normalized spacial score (nSPS) is 12.4. The molecule has 0 aromatic heterocycles. The molecular weight excluding hydrogens is 234 g/mol. The first-order chi connectivity index (χ1) is 8.28. The molecule has 0 aromatic rings. The van der Waals surface area contributed by atoms with Crippen LogP contribution in [0.2, 0.25) is 6.04 Å². The summed E-state index contributed by atoms with van der Waals surface area (Å²) in [5, 5.41) is 0. The topological polar surface area (TPSA) is 30.9 Å². The summed E-state index contributed by atoms with van der Waals surface area (Å²) < 4.78 is 15.9. The molecule has 104 valence electrons. The quantitative estimate of drug-likeness (QED) is 0.297. The van der Waals surface area contributed by atoms with E-state index in [-0.39, 0.29) is 15.4 Å². The molecule has 0 rings (SSSR count). The third kappa shape index (κ3) is 9.73. The van der Waals surface area contributed by atoms with Crippen molar-refractivity contribution in [1.29, 1.82) is 0 Å². The lowest BCUT2D eigenvalue weighted by Gasteiger charge is -2.17. The van der Waals surface area contributed by atoms with Crippen LogP contribution in [0.4, 0.5) is 0 Å². The number of hydrogen-bond acceptors (Lipinski definition) is 4. The highest BCUT2D eigenvalue weighted by molar-refractivity contribution is 6.36. The predicted octanol–water partition coefficient (Wildman–Crippen LogP) is 0.898. The lowest BCUT2D eigenvalue weighted by Crippen LogP contribution is -2.25. The van der Waals surface area contributed by atoms with Crippen molar-refractivity contribution in [2.75, 3.05) is 47.1 Å². The van der Waals surface area contributed by atoms with Gasteiger partial charge in [0.15, 0.2) is 0 Å². The van der Waals surface area contributed by atoms with Gasteiger partial charge >= 0.3 is 0 Å². The Balaban J connectivity index is 3.23. The Kier molecular flexibility index (Phi) is 12.6. The summed E-state index contributed by atoms with van der Waals surface area (Å²) in [4.78, 5) is 2.42. The first kappa shape index (κ1) is 17.1. The molecule has 0 unspecified atom stereocenters. The molecule has 0 aromatic carbocycles. The van der Waals surface area contributed by atoms with Crippen LogP contribution in [-0.4, -0.2) is 67.4 Å². The minimum atomic E-state index is -0.313. The molecular formula is C12H29NO3Si. The van der Waals surface area contributed by atoms with Crippen molar-refractivity contribution in [3.63, 3.8) is 0 Å². The van der Waals surface area contributed by atoms with Crippen molar-refractivity contribution < 1.29 is 14.2 Å². The molecule has 0 saturated carbocycles. The summed E-state index contributed by atoms with van der Waals surface area (Å²) in [6.07, 6.45) is 1.13. The van der Waals surface area contributed by atoms with Gasteiger partial charge in [-0.3, -0.25) is 0 Å². The molecule has 0 amide bonds. The monoisotopic (exact) mass is 263 g/mol. The number of rotatable bonds is 12. The first-order valence-corrected chi connectivity index (χ1v) is 8.45. The summed E-state index contributed by atoms with van der Waals surface area (Å²) in [6, 6.07) is 1.12. The molecule has 0 atom stereocenters. The highest BCUT2D eigenvalue weighted by Gasteiger charge is 2.04. The van der Waals surface area contributed by atoms with Gasteiger partial charge in [-0.25, -0.2) is 0 Å². The van der Waals surface area contributed by atoms with E-state index < -0.39 is 0 Å². The van der Waals surface area contributed by atoms with Crippen LogP contribution in [0.1, 0.15) is 20.3 Å². The summed E-state index contributed by atoms with van der Waals surface area (Å²) >= 11 is 0. The molecule has 0 heterocycles. The minimum Gasteiger partial charge on any atom is -0.382 e. The molecule has 17 heavy (non-hydrogen) atoms. The van der Waals surface area contributed by atoms with E-state index in [2.05, 4.69) is 18.7 Å². The highest BCUT2D eigenvalue weighted by Crippen LogP contribution is 1.95. The Morgan fingerprint density at radius 3 is 2.24 bits per heavy atom. The van der Waals surface area contributed by atoms with Gasteiger partial charge in [-0.05, 0) is 25.6 Å². The average Bonchev–Trinajstić information content (AvgIpc) is 2.37. The summed E-state index contributed by atoms with van der Waals surface area (Å²) in [5.41, 5.74) is 0. The van der Waals surface area contributed by atoms with Gasteiger partial charge in [-0.1, -0.05) is 13.8 Å². The van der Waals surface area contributed by atoms with E-state index in [4.69, 9.17) is 14.2 Å². The highest BCUT2D eigenvalue weighted by atomic mass is 28.2. The van der Waals surface area contributed by atoms with E-state index in [0.29, 0.717) is 0 Å². The molecule has 0 radical (unpaired) electrons. The van der Waals surface area contributed by atoms with Crippen LogP contribution in [-0.2, 0) is 14.2 Å². The maximum atomic E-state index is 5.61. The fraction of sp³-hybridized carbons (Fsp3) is 1.00. The van der Waals surface area contributed by atoms with Crippen LogP contribution in [0.25, 0.3) is 0 Å². The van der Waals surface area contributed by atoms with Gasteiger partial charge in [0.25, 0.3) is 0 Å². The second-order valence-electron chi connectivity index (χ2n) is 4.04. The second kappa shape index (κ2) is 12.5. The van der Waals surface area contributed by atoms with E-state index in [1.165, 1.54) is 0 Å².